The zero-order valence-corrected chi connectivity index (χ0v) is 17.2. The van der Waals surface area contributed by atoms with E-state index in [4.69, 9.17) is 4.84 Å². The van der Waals surface area contributed by atoms with Gasteiger partial charge in [0, 0.05) is 38.1 Å². The van der Waals surface area contributed by atoms with Crippen molar-refractivity contribution in [3.05, 3.63) is 59.7 Å². The maximum absolute atomic E-state index is 12.9. The predicted octanol–water partition coefficient (Wildman–Crippen LogP) is 2.19. The molecule has 4 rings (SSSR count). The zero-order valence-electron chi connectivity index (χ0n) is 17.2. The number of hydrogen-bond acceptors (Lipinski definition) is 6. The Bertz CT molecular complexity index is 960. The predicted molar refractivity (Wildman–Crippen MR) is 111 cm³/mol. The fourth-order valence-corrected chi connectivity index (χ4v) is 3.93. The van der Waals surface area contributed by atoms with Crippen LogP contribution in [-0.4, -0.2) is 63.0 Å². The molecule has 1 saturated heterocycles. The quantitative estimate of drug-likeness (QED) is 0.775. The van der Waals surface area contributed by atoms with E-state index >= 15 is 0 Å². The SMILES string of the molecule is Cc1ccc(C(=O)N2CCCC3(CC(C(=O)N(C)Cc4ccccn4)=NO3)C2)cn1. The second-order valence-electron chi connectivity index (χ2n) is 7.99. The van der Waals surface area contributed by atoms with Crippen LogP contribution in [0.15, 0.2) is 47.9 Å². The number of likely N-dealkylation sites (tertiary alicyclic amines) is 1. The molecule has 1 atom stereocenters. The van der Waals surface area contributed by atoms with Crippen LogP contribution < -0.4 is 0 Å². The number of amides is 2. The first-order valence-corrected chi connectivity index (χ1v) is 10.1. The van der Waals surface area contributed by atoms with Gasteiger partial charge in [-0.3, -0.25) is 19.6 Å². The summed E-state index contributed by atoms with van der Waals surface area (Å²) in [5, 5.41) is 4.11. The molecule has 4 heterocycles. The van der Waals surface area contributed by atoms with E-state index in [0.717, 1.165) is 24.2 Å². The molecule has 0 aliphatic carbocycles. The Hall–Kier alpha value is -3.29. The number of pyridine rings is 2. The lowest BCUT2D eigenvalue weighted by atomic mass is 9.87. The van der Waals surface area contributed by atoms with E-state index in [0.29, 0.717) is 37.3 Å². The number of nitrogens with zero attached hydrogens (tertiary/aromatic N) is 5. The van der Waals surface area contributed by atoms with Crippen molar-refractivity contribution < 1.29 is 14.4 Å². The normalized spacial score (nSPS) is 20.6. The van der Waals surface area contributed by atoms with Gasteiger partial charge in [-0.15, -0.1) is 0 Å². The summed E-state index contributed by atoms with van der Waals surface area (Å²) in [4.78, 5) is 43.3. The second-order valence-corrected chi connectivity index (χ2v) is 7.99. The van der Waals surface area contributed by atoms with Gasteiger partial charge in [0.15, 0.2) is 5.60 Å². The Balaban J connectivity index is 1.39. The molecule has 8 heteroatoms. The Morgan fingerprint density at radius 1 is 1.23 bits per heavy atom. The Labute approximate surface area is 175 Å². The van der Waals surface area contributed by atoms with Gasteiger partial charge in [-0.05, 0) is 44.0 Å². The van der Waals surface area contributed by atoms with Crippen LogP contribution in [0, 0.1) is 6.92 Å². The van der Waals surface area contributed by atoms with Crippen LogP contribution in [0.4, 0.5) is 0 Å². The third kappa shape index (κ3) is 4.17. The Morgan fingerprint density at radius 3 is 2.83 bits per heavy atom. The molecular weight excluding hydrogens is 382 g/mol. The first-order chi connectivity index (χ1) is 14.5. The molecule has 0 N–H and O–H groups in total. The summed E-state index contributed by atoms with van der Waals surface area (Å²) < 4.78 is 0. The van der Waals surface area contributed by atoms with E-state index < -0.39 is 5.60 Å². The number of aryl methyl sites for hydroxylation is 1. The first kappa shape index (κ1) is 20.0. The second kappa shape index (κ2) is 8.22. The summed E-state index contributed by atoms with van der Waals surface area (Å²) >= 11 is 0. The van der Waals surface area contributed by atoms with Crippen molar-refractivity contribution in [3.8, 4) is 0 Å². The summed E-state index contributed by atoms with van der Waals surface area (Å²) in [6.07, 6.45) is 5.26. The average Bonchev–Trinajstić information content (AvgIpc) is 3.17. The monoisotopic (exact) mass is 407 g/mol. The minimum Gasteiger partial charge on any atom is -0.386 e. The highest BCUT2D eigenvalue weighted by atomic mass is 16.7. The highest BCUT2D eigenvalue weighted by Gasteiger charge is 2.46. The van der Waals surface area contributed by atoms with Crippen LogP contribution >= 0.6 is 0 Å². The maximum Gasteiger partial charge on any atom is 0.271 e. The van der Waals surface area contributed by atoms with Crippen molar-refractivity contribution in [2.24, 2.45) is 5.16 Å². The van der Waals surface area contributed by atoms with Crippen molar-refractivity contribution in [3.63, 3.8) is 0 Å². The number of carbonyl (C=O) groups excluding carboxylic acids is 2. The molecule has 156 valence electrons. The highest BCUT2D eigenvalue weighted by molar-refractivity contribution is 6.39. The van der Waals surface area contributed by atoms with Crippen molar-refractivity contribution in [1.29, 1.82) is 0 Å². The Morgan fingerprint density at radius 2 is 2.10 bits per heavy atom. The molecule has 8 nitrogen and oxygen atoms in total. The lowest BCUT2D eigenvalue weighted by Gasteiger charge is -2.38. The number of oxime groups is 1. The summed E-state index contributed by atoms with van der Waals surface area (Å²) in [7, 11) is 1.73. The van der Waals surface area contributed by atoms with E-state index in [1.54, 1.807) is 35.3 Å². The largest absolute Gasteiger partial charge is 0.386 e. The lowest BCUT2D eigenvalue weighted by Crippen LogP contribution is -2.51. The van der Waals surface area contributed by atoms with Crippen LogP contribution in [0.2, 0.25) is 0 Å². The fraction of sp³-hybridized carbons (Fsp3) is 0.409. The van der Waals surface area contributed by atoms with Crippen LogP contribution in [0.1, 0.15) is 41.0 Å². The summed E-state index contributed by atoms with van der Waals surface area (Å²) in [5.74, 6) is -0.249. The topological polar surface area (TPSA) is 88.0 Å². The van der Waals surface area contributed by atoms with Gasteiger partial charge in [-0.1, -0.05) is 11.2 Å². The van der Waals surface area contributed by atoms with Crippen molar-refractivity contribution in [2.45, 2.75) is 38.3 Å². The van der Waals surface area contributed by atoms with E-state index in [1.807, 2.05) is 31.2 Å². The minimum atomic E-state index is -0.636. The van der Waals surface area contributed by atoms with Gasteiger partial charge >= 0.3 is 0 Å². The van der Waals surface area contributed by atoms with E-state index in [2.05, 4.69) is 15.1 Å². The molecule has 0 aromatic carbocycles. The molecule has 1 fully saturated rings. The number of rotatable bonds is 4. The molecule has 30 heavy (non-hydrogen) atoms. The summed E-state index contributed by atoms with van der Waals surface area (Å²) in [6.45, 7) is 3.35. The molecule has 0 saturated carbocycles. The van der Waals surface area contributed by atoms with Crippen molar-refractivity contribution >= 4 is 17.5 Å². The smallest absolute Gasteiger partial charge is 0.271 e. The number of carbonyl (C=O) groups is 2. The van der Waals surface area contributed by atoms with E-state index in [-0.39, 0.29) is 11.8 Å². The van der Waals surface area contributed by atoms with Gasteiger partial charge < -0.3 is 14.6 Å². The first-order valence-electron chi connectivity index (χ1n) is 10.1. The number of hydrogen-bond donors (Lipinski definition) is 0. The molecule has 2 aliphatic heterocycles. The van der Waals surface area contributed by atoms with Crippen molar-refractivity contribution in [1.82, 2.24) is 19.8 Å². The summed E-state index contributed by atoms with van der Waals surface area (Å²) in [6, 6.07) is 9.23. The zero-order chi connectivity index (χ0) is 21.1. The van der Waals surface area contributed by atoms with E-state index in [1.165, 1.54) is 0 Å². The molecule has 0 radical (unpaired) electrons. The Kier molecular flexibility index (Phi) is 5.48. The van der Waals surface area contributed by atoms with Gasteiger partial charge in [0.05, 0.1) is 24.3 Å². The number of piperidine rings is 1. The molecule has 2 aliphatic rings. The standard InChI is InChI=1S/C22H25N5O3/c1-16-7-8-17(13-24-16)20(28)27-11-5-9-22(15-27)12-19(25-30-22)21(29)26(2)14-18-6-3-4-10-23-18/h3-4,6-8,10,13H,5,9,11-12,14-15H2,1-2H3. The molecule has 1 unspecified atom stereocenters. The maximum atomic E-state index is 12.9. The molecular formula is C22H25N5O3. The van der Waals surface area contributed by atoms with Crippen LogP contribution in [0.5, 0.6) is 0 Å². The van der Waals surface area contributed by atoms with Gasteiger partial charge in [0.2, 0.25) is 0 Å². The van der Waals surface area contributed by atoms with Crippen molar-refractivity contribution in [2.75, 3.05) is 20.1 Å². The third-order valence-electron chi connectivity index (χ3n) is 5.54. The van der Waals surface area contributed by atoms with Crippen LogP contribution in [-0.2, 0) is 16.2 Å². The lowest BCUT2D eigenvalue weighted by molar-refractivity contribution is -0.123. The molecule has 2 aromatic rings. The van der Waals surface area contributed by atoms with Gasteiger partial charge in [0.1, 0.15) is 5.71 Å². The fourth-order valence-electron chi connectivity index (χ4n) is 3.93. The average molecular weight is 407 g/mol. The molecule has 2 amide bonds. The highest BCUT2D eigenvalue weighted by Crippen LogP contribution is 2.34. The molecule has 1 spiro atoms. The number of aromatic nitrogens is 2. The minimum absolute atomic E-state index is 0.0720. The summed E-state index contributed by atoms with van der Waals surface area (Å²) in [5.41, 5.74) is 1.99. The third-order valence-corrected chi connectivity index (χ3v) is 5.54. The van der Waals surface area contributed by atoms with Crippen LogP contribution in [0.25, 0.3) is 0 Å². The molecule has 0 bridgehead atoms. The van der Waals surface area contributed by atoms with E-state index in [9.17, 15) is 9.59 Å². The molecule has 2 aromatic heterocycles. The van der Waals surface area contributed by atoms with Gasteiger partial charge in [-0.25, -0.2) is 0 Å². The van der Waals surface area contributed by atoms with Crippen LogP contribution in [0.3, 0.4) is 0 Å². The van der Waals surface area contributed by atoms with Gasteiger partial charge in [-0.2, -0.15) is 0 Å². The van der Waals surface area contributed by atoms with Gasteiger partial charge in [0.25, 0.3) is 11.8 Å².